The molecule has 5 nitrogen and oxygen atoms in total. The van der Waals surface area contributed by atoms with Crippen LogP contribution in [0.5, 0.6) is 0 Å². The maximum absolute atomic E-state index is 8.18. The summed E-state index contributed by atoms with van der Waals surface area (Å²) >= 11 is 0. The summed E-state index contributed by atoms with van der Waals surface area (Å²) in [6.45, 7) is 10.5. The zero-order valence-electron chi connectivity index (χ0n) is 11.4. The van der Waals surface area contributed by atoms with Gasteiger partial charge in [-0.05, 0) is 27.9 Å². The molecule has 0 fully saturated rings. The molecule has 0 aliphatic heterocycles. The molecule has 0 aromatic heterocycles. The van der Waals surface area contributed by atoms with Crippen LogP contribution in [0.4, 0.5) is 0 Å². The monoisotopic (exact) mass is 236 g/mol. The lowest BCUT2D eigenvalue weighted by Crippen LogP contribution is -2.42. The average Bonchev–Trinajstić information content (AvgIpc) is 2.42. The molecule has 0 amide bonds. The van der Waals surface area contributed by atoms with Crippen molar-refractivity contribution < 1.29 is 9.14 Å². The van der Waals surface area contributed by atoms with Gasteiger partial charge < -0.3 is 9.14 Å². The van der Waals surface area contributed by atoms with Crippen molar-refractivity contribution in [3.63, 3.8) is 0 Å². The second-order valence-electron chi connectivity index (χ2n) is 3.98. The van der Waals surface area contributed by atoms with Gasteiger partial charge in [-0.15, -0.1) is 0 Å². The van der Waals surface area contributed by atoms with Gasteiger partial charge in [-0.25, -0.2) is 15.8 Å². The van der Waals surface area contributed by atoms with Gasteiger partial charge in [0.1, 0.15) is 0 Å². The van der Waals surface area contributed by atoms with E-state index in [0.29, 0.717) is 0 Å². The Morgan fingerprint density at radius 3 is 1.24 bits per heavy atom. The molecule has 0 aliphatic rings. The molecule has 6 heteroatoms. The van der Waals surface area contributed by atoms with Gasteiger partial charge in [-0.2, -0.15) is 0 Å². The van der Waals surface area contributed by atoms with Crippen molar-refractivity contribution in [2.45, 2.75) is 20.8 Å². The molecule has 0 aromatic rings. The summed E-state index contributed by atoms with van der Waals surface area (Å²) in [7, 11) is 3.45. The van der Waals surface area contributed by atoms with Crippen molar-refractivity contribution in [1.29, 1.82) is 15.8 Å². The van der Waals surface area contributed by atoms with Gasteiger partial charge in [0.15, 0.2) is 0 Å². The van der Waals surface area contributed by atoms with Crippen molar-refractivity contribution in [2.24, 2.45) is 0 Å². The van der Waals surface area contributed by atoms with Crippen LogP contribution in [0, 0.1) is 33.7 Å². The van der Waals surface area contributed by atoms with E-state index in [-0.39, 0.29) is 0 Å². The normalized spacial score (nSPS) is 10.2. The van der Waals surface area contributed by atoms with E-state index in [1.54, 1.807) is 0 Å². The zero-order chi connectivity index (χ0) is 13.9. The van der Waals surface area contributed by atoms with Crippen LogP contribution in [0.25, 0.3) is 0 Å². The molecule has 0 aliphatic carbocycles. The number of hydrogen-bond acceptors (Lipinski definition) is 4. The molecule has 0 spiro atoms. The van der Waals surface area contributed by atoms with Crippen LogP contribution >= 0.6 is 0 Å². The highest BCUT2D eigenvalue weighted by Crippen LogP contribution is 1.97. The molecular formula is C11H21BN4O. The Kier molecular flexibility index (Phi) is 9.01. The van der Waals surface area contributed by atoms with E-state index in [1.807, 2.05) is 0 Å². The highest BCUT2D eigenvalue weighted by atomic mass is 16.4. The molecule has 0 heterocycles. The van der Waals surface area contributed by atoms with Crippen molar-refractivity contribution in [3.8, 4) is 17.9 Å². The summed E-state index contributed by atoms with van der Waals surface area (Å²) in [6.07, 6.45) is -2.53. The number of nitriles is 3. The molecule has 17 heavy (non-hydrogen) atoms. The Bertz CT molecular complexity index is 289. The first-order valence-electron chi connectivity index (χ1n) is 5.70. The van der Waals surface area contributed by atoms with E-state index in [2.05, 4.69) is 32.5 Å². The smallest absolute Gasteiger partial charge is 0.408 e. The second-order valence-corrected chi connectivity index (χ2v) is 3.98. The van der Waals surface area contributed by atoms with Crippen molar-refractivity contribution in [1.82, 2.24) is 0 Å². The molecule has 0 saturated heterocycles. The minimum Gasteiger partial charge on any atom is -0.559 e. The fraction of sp³-hybridized carbons (Fsp3) is 0.727. The highest BCUT2D eigenvalue weighted by molar-refractivity contribution is 6.94. The fourth-order valence-corrected chi connectivity index (χ4v) is 0.916. The van der Waals surface area contributed by atoms with E-state index in [0.717, 1.165) is 7.11 Å². The largest absolute Gasteiger partial charge is 0.559 e. The molecule has 0 unspecified atom stereocenters. The highest BCUT2D eigenvalue weighted by Gasteiger charge is 2.22. The SMILES string of the molecule is CC[N+](C)(CC)CC.CO[B-](C#N)(C#N)C#N. The summed E-state index contributed by atoms with van der Waals surface area (Å²) in [5.74, 6) is 4.45. The third kappa shape index (κ3) is 5.92. The summed E-state index contributed by atoms with van der Waals surface area (Å²) in [4.78, 5) is 0. The molecule has 0 bridgehead atoms. The number of nitrogens with zero attached hydrogens (tertiary/aromatic N) is 4. The number of rotatable bonds is 4. The first kappa shape index (κ1) is 17.8. The Hall–Kier alpha value is -1.55. The van der Waals surface area contributed by atoms with E-state index in [1.165, 1.54) is 42.0 Å². The van der Waals surface area contributed by atoms with Gasteiger partial charge in [0.2, 0.25) is 0 Å². The van der Waals surface area contributed by atoms with Crippen LogP contribution < -0.4 is 0 Å². The second kappa shape index (κ2) is 8.59. The Labute approximate surface area is 104 Å². The van der Waals surface area contributed by atoms with Crippen molar-refractivity contribution in [3.05, 3.63) is 0 Å². The van der Waals surface area contributed by atoms with Crippen molar-refractivity contribution >= 4 is 6.35 Å². The van der Waals surface area contributed by atoms with E-state index >= 15 is 0 Å². The summed E-state index contributed by atoms with van der Waals surface area (Å²) < 4.78 is 5.57. The Morgan fingerprint density at radius 2 is 1.24 bits per heavy atom. The minimum atomic E-state index is -2.53. The fourth-order valence-electron chi connectivity index (χ4n) is 0.916. The van der Waals surface area contributed by atoms with Crippen LogP contribution in [0.3, 0.4) is 0 Å². The van der Waals surface area contributed by atoms with Gasteiger partial charge in [0.25, 0.3) is 0 Å². The molecule has 0 saturated carbocycles. The Morgan fingerprint density at radius 1 is 0.941 bits per heavy atom. The van der Waals surface area contributed by atoms with Gasteiger partial charge in [0, 0.05) is 0 Å². The molecule has 0 rings (SSSR count). The lowest BCUT2D eigenvalue weighted by atomic mass is 9.45. The standard InChI is InChI=1S/C7H18N.C4H3BN3O/c1-5-8(4,6-2)7-3;1-9-5(2-6,3-7)4-8/h5-7H2,1-4H3;1H3/q+1;-1. The minimum absolute atomic E-state index is 1.16. The predicted molar refractivity (Wildman–Crippen MR) is 67.4 cm³/mol. The zero-order valence-corrected chi connectivity index (χ0v) is 11.4. The average molecular weight is 236 g/mol. The van der Waals surface area contributed by atoms with Gasteiger partial charge in [-0.1, -0.05) is 17.9 Å². The van der Waals surface area contributed by atoms with Crippen LogP contribution in [0.2, 0.25) is 0 Å². The van der Waals surface area contributed by atoms with Gasteiger partial charge in [-0.3, -0.25) is 0 Å². The predicted octanol–water partition coefficient (Wildman–Crippen LogP) is 1.26. The van der Waals surface area contributed by atoms with Crippen molar-refractivity contribution in [2.75, 3.05) is 33.8 Å². The topological polar surface area (TPSA) is 80.6 Å². The van der Waals surface area contributed by atoms with Crippen LogP contribution in [-0.2, 0) is 4.65 Å². The first-order chi connectivity index (χ1) is 7.92. The first-order valence-corrected chi connectivity index (χ1v) is 5.70. The van der Waals surface area contributed by atoms with Crippen LogP contribution in [0.1, 0.15) is 20.8 Å². The molecule has 0 aromatic carbocycles. The maximum atomic E-state index is 8.18. The number of hydrogen-bond donors (Lipinski definition) is 0. The quantitative estimate of drug-likeness (QED) is 0.543. The molecule has 94 valence electrons. The molecule has 0 radical (unpaired) electrons. The summed E-state index contributed by atoms with van der Waals surface area (Å²) in [6, 6.07) is 0. The third-order valence-electron chi connectivity index (χ3n) is 3.19. The van der Waals surface area contributed by atoms with Gasteiger partial charge >= 0.3 is 6.35 Å². The number of quaternary nitrogens is 1. The van der Waals surface area contributed by atoms with Gasteiger partial charge in [0.05, 0.1) is 26.7 Å². The molecular weight excluding hydrogens is 215 g/mol. The van der Waals surface area contributed by atoms with E-state index < -0.39 is 6.35 Å². The lowest BCUT2D eigenvalue weighted by molar-refractivity contribution is -0.904. The van der Waals surface area contributed by atoms with Crippen LogP contribution in [-0.4, -0.2) is 44.6 Å². The van der Waals surface area contributed by atoms with Crippen LogP contribution in [0.15, 0.2) is 0 Å². The summed E-state index contributed by atoms with van der Waals surface area (Å²) in [5.41, 5.74) is 0. The molecule has 0 atom stereocenters. The van der Waals surface area contributed by atoms with E-state index in [9.17, 15) is 0 Å². The maximum Gasteiger partial charge on any atom is 0.408 e. The van der Waals surface area contributed by atoms with E-state index in [4.69, 9.17) is 15.8 Å². The summed E-state index contributed by atoms with van der Waals surface area (Å²) in [5, 5.41) is 24.6. The third-order valence-corrected chi connectivity index (χ3v) is 3.19. The molecule has 0 N–H and O–H groups in total. The Balaban J connectivity index is 0. The lowest BCUT2D eigenvalue weighted by Gasteiger charge is -2.30.